The van der Waals surface area contributed by atoms with E-state index in [0.717, 1.165) is 6.26 Å². The zero-order valence-electron chi connectivity index (χ0n) is 10.4. The largest absolute Gasteiger partial charge is 0.478 e. The highest BCUT2D eigenvalue weighted by Crippen LogP contribution is 2.32. The number of nitrogens with zero attached hydrogens (tertiary/aromatic N) is 2. The molecular weight excluding hydrogens is 324 g/mol. The molecule has 0 spiro atoms. The fourth-order valence-corrected chi connectivity index (χ4v) is 3.14. The van der Waals surface area contributed by atoms with E-state index in [1.165, 1.54) is 22.2 Å². The average molecular weight is 335 g/mol. The van der Waals surface area contributed by atoms with E-state index in [9.17, 15) is 18.3 Å². The Morgan fingerprint density at radius 2 is 2.20 bits per heavy atom. The van der Waals surface area contributed by atoms with Gasteiger partial charge in [-0.15, -0.1) is 11.3 Å². The fourth-order valence-electron chi connectivity index (χ4n) is 1.58. The first kappa shape index (κ1) is 15.0. The first-order valence-corrected chi connectivity index (χ1v) is 8.76. The Kier molecular flexibility index (Phi) is 4.17. The van der Waals surface area contributed by atoms with Crippen LogP contribution in [0.15, 0.2) is 18.3 Å². The number of thiophene rings is 1. The molecule has 2 aromatic heterocycles. The third kappa shape index (κ3) is 3.59. The lowest BCUT2D eigenvalue weighted by atomic mass is 10.2. The summed E-state index contributed by atoms with van der Waals surface area (Å²) in [5.74, 6) is -1.21. The summed E-state index contributed by atoms with van der Waals surface area (Å²) in [7, 11) is -3.13. The molecule has 9 heteroatoms. The summed E-state index contributed by atoms with van der Waals surface area (Å²) in [6, 6.07) is 3.34. The van der Waals surface area contributed by atoms with Gasteiger partial charge in [0, 0.05) is 12.5 Å². The van der Waals surface area contributed by atoms with Crippen molar-refractivity contribution in [3.63, 3.8) is 0 Å². The quantitative estimate of drug-likeness (QED) is 0.903. The summed E-state index contributed by atoms with van der Waals surface area (Å²) in [5.41, 5.74) is 0.319. The second-order valence-corrected chi connectivity index (χ2v) is 8.17. The van der Waals surface area contributed by atoms with Crippen LogP contribution in [0, 0.1) is 0 Å². The molecule has 0 unspecified atom stereocenters. The molecule has 0 aliphatic carbocycles. The molecular formula is C11H11ClN2O4S2. The summed E-state index contributed by atoms with van der Waals surface area (Å²) >= 11 is 7.04. The molecule has 1 N–H and O–H groups in total. The lowest BCUT2D eigenvalue weighted by Crippen LogP contribution is -2.11. The second-order valence-electron chi connectivity index (χ2n) is 4.19. The zero-order valence-corrected chi connectivity index (χ0v) is 12.8. The molecule has 2 aromatic rings. The van der Waals surface area contributed by atoms with Gasteiger partial charge in [0.1, 0.15) is 21.1 Å². The van der Waals surface area contributed by atoms with Gasteiger partial charge in [0.15, 0.2) is 0 Å². The molecule has 0 fully saturated rings. The number of aromatic carboxylic acids is 1. The molecule has 2 rings (SSSR count). The fraction of sp³-hybridized carbons (Fsp3) is 0.273. The molecule has 2 heterocycles. The van der Waals surface area contributed by atoms with Crippen LogP contribution in [0.1, 0.15) is 10.4 Å². The summed E-state index contributed by atoms with van der Waals surface area (Å²) in [6.45, 7) is 0.109. The SMILES string of the molecule is CS(=O)(=O)CCn1cc(C(=O)O)c(-c2ccc(Cl)s2)n1. The molecule has 0 saturated carbocycles. The van der Waals surface area contributed by atoms with E-state index in [0.29, 0.717) is 14.9 Å². The maximum Gasteiger partial charge on any atom is 0.339 e. The molecule has 6 nitrogen and oxygen atoms in total. The minimum absolute atomic E-state index is 0.0250. The van der Waals surface area contributed by atoms with Gasteiger partial charge >= 0.3 is 5.97 Å². The predicted molar refractivity (Wildman–Crippen MR) is 77.2 cm³/mol. The molecule has 0 radical (unpaired) electrons. The molecule has 0 saturated heterocycles. The van der Waals surface area contributed by atoms with Gasteiger partial charge in [-0.2, -0.15) is 5.10 Å². The standard InChI is InChI=1S/C11H11ClN2O4S2/c1-20(17,18)5-4-14-6-7(11(15)16)10(13-14)8-2-3-9(12)19-8/h2-3,6H,4-5H2,1H3,(H,15,16). The molecule has 0 aliphatic heterocycles. The van der Waals surface area contributed by atoms with Crippen LogP contribution >= 0.6 is 22.9 Å². The normalized spacial score (nSPS) is 11.7. The van der Waals surface area contributed by atoms with Crippen molar-refractivity contribution in [3.05, 3.63) is 28.2 Å². The lowest BCUT2D eigenvalue weighted by molar-refractivity contribution is 0.0697. The van der Waals surface area contributed by atoms with E-state index in [-0.39, 0.29) is 17.9 Å². The number of carbonyl (C=O) groups is 1. The number of hydrogen-bond donors (Lipinski definition) is 1. The molecule has 0 amide bonds. The van der Waals surface area contributed by atoms with Crippen LogP contribution in [0.2, 0.25) is 4.34 Å². The Hall–Kier alpha value is -1.38. The molecule has 0 bridgehead atoms. The van der Waals surface area contributed by atoms with Crippen molar-refractivity contribution in [1.29, 1.82) is 0 Å². The van der Waals surface area contributed by atoms with Gasteiger partial charge < -0.3 is 5.11 Å². The number of aromatic nitrogens is 2. The number of halogens is 1. The van der Waals surface area contributed by atoms with Gasteiger partial charge in [0.2, 0.25) is 0 Å². The Labute approximate surface area is 124 Å². The van der Waals surface area contributed by atoms with Crippen LogP contribution in [0.5, 0.6) is 0 Å². The average Bonchev–Trinajstić information content (AvgIpc) is 2.91. The maximum absolute atomic E-state index is 11.2. The minimum Gasteiger partial charge on any atom is -0.478 e. The number of hydrogen-bond acceptors (Lipinski definition) is 5. The van der Waals surface area contributed by atoms with E-state index in [2.05, 4.69) is 5.10 Å². The first-order valence-electron chi connectivity index (χ1n) is 5.50. The van der Waals surface area contributed by atoms with Gasteiger partial charge in [0.25, 0.3) is 0 Å². The van der Waals surface area contributed by atoms with Crippen molar-refractivity contribution < 1.29 is 18.3 Å². The number of carboxylic acids is 1. The van der Waals surface area contributed by atoms with Crippen molar-refractivity contribution >= 4 is 38.7 Å². The summed E-state index contributed by atoms with van der Waals surface area (Å²) in [6.07, 6.45) is 2.45. The topological polar surface area (TPSA) is 89.3 Å². The minimum atomic E-state index is -3.13. The highest BCUT2D eigenvalue weighted by Gasteiger charge is 2.19. The van der Waals surface area contributed by atoms with Crippen molar-refractivity contribution in [2.75, 3.05) is 12.0 Å². The van der Waals surface area contributed by atoms with Gasteiger partial charge in [-0.05, 0) is 12.1 Å². The summed E-state index contributed by atoms with van der Waals surface area (Å²) in [5, 5.41) is 13.3. The highest BCUT2D eigenvalue weighted by atomic mass is 35.5. The van der Waals surface area contributed by atoms with Crippen molar-refractivity contribution in [3.8, 4) is 10.6 Å². The molecule has 20 heavy (non-hydrogen) atoms. The predicted octanol–water partition coefficient (Wildman–Crippen LogP) is 2.01. The monoisotopic (exact) mass is 334 g/mol. The second kappa shape index (κ2) is 5.55. The van der Waals surface area contributed by atoms with Gasteiger partial charge in [-0.25, -0.2) is 13.2 Å². The molecule has 0 aliphatic rings. The van der Waals surface area contributed by atoms with Gasteiger partial charge in [-0.1, -0.05) is 11.6 Å². The van der Waals surface area contributed by atoms with E-state index >= 15 is 0 Å². The number of rotatable bonds is 5. The third-order valence-corrected chi connectivity index (χ3v) is 4.65. The Bertz CT molecular complexity index is 748. The Balaban J connectivity index is 2.36. The van der Waals surface area contributed by atoms with Crippen molar-refractivity contribution in [2.24, 2.45) is 0 Å². The van der Waals surface area contributed by atoms with E-state index in [4.69, 9.17) is 11.6 Å². The maximum atomic E-state index is 11.2. The van der Waals surface area contributed by atoms with Crippen molar-refractivity contribution in [1.82, 2.24) is 9.78 Å². The first-order chi connectivity index (χ1) is 9.26. The molecule has 0 atom stereocenters. The molecule has 0 aromatic carbocycles. The van der Waals surface area contributed by atoms with Crippen molar-refractivity contribution in [2.45, 2.75) is 6.54 Å². The summed E-state index contributed by atoms with van der Waals surface area (Å²) < 4.78 is 24.1. The van der Waals surface area contributed by atoms with Crippen LogP contribution < -0.4 is 0 Å². The number of sulfone groups is 1. The zero-order chi connectivity index (χ0) is 14.9. The van der Waals surface area contributed by atoms with Crippen LogP contribution in [0.25, 0.3) is 10.6 Å². The van der Waals surface area contributed by atoms with E-state index in [1.54, 1.807) is 12.1 Å². The van der Waals surface area contributed by atoms with E-state index in [1.807, 2.05) is 0 Å². The van der Waals surface area contributed by atoms with Crippen LogP contribution in [-0.2, 0) is 16.4 Å². The number of carboxylic acid groups (broad SMARTS) is 1. The van der Waals surface area contributed by atoms with Crippen LogP contribution in [0.4, 0.5) is 0 Å². The molecule has 108 valence electrons. The Morgan fingerprint density at radius 3 is 2.70 bits per heavy atom. The van der Waals surface area contributed by atoms with Gasteiger partial charge in [-0.3, -0.25) is 4.68 Å². The number of aryl methyl sites for hydroxylation is 1. The smallest absolute Gasteiger partial charge is 0.339 e. The Morgan fingerprint density at radius 1 is 1.50 bits per heavy atom. The summed E-state index contributed by atoms with van der Waals surface area (Å²) in [4.78, 5) is 11.8. The van der Waals surface area contributed by atoms with Crippen LogP contribution in [0.3, 0.4) is 0 Å². The third-order valence-electron chi connectivity index (χ3n) is 2.49. The van der Waals surface area contributed by atoms with E-state index < -0.39 is 15.8 Å². The highest BCUT2D eigenvalue weighted by molar-refractivity contribution is 7.90. The van der Waals surface area contributed by atoms with Crippen LogP contribution in [-0.4, -0.2) is 41.3 Å². The lowest BCUT2D eigenvalue weighted by Gasteiger charge is -1.98. The van der Waals surface area contributed by atoms with Gasteiger partial charge in [0.05, 0.1) is 21.5 Å².